The summed E-state index contributed by atoms with van der Waals surface area (Å²) in [4.78, 5) is 11.1. The monoisotopic (exact) mass is 234 g/mol. The standard InChI is InChI=1S/C14H18O3/c1-16-9-8-11-2-5-13(6-3-11)17-14-7-4-12(15)10-14/h2-3,5-6,14H,4,7-10H2,1H3. The van der Waals surface area contributed by atoms with E-state index in [2.05, 4.69) is 0 Å². The number of Topliss-reactive ketones (excluding diaryl/α,β-unsaturated/α-hetero) is 1. The molecule has 0 spiro atoms. The highest BCUT2D eigenvalue weighted by atomic mass is 16.5. The lowest BCUT2D eigenvalue weighted by atomic mass is 10.1. The van der Waals surface area contributed by atoms with Gasteiger partial charge in [-0.1, -0.05) is 12.1 Å². The Bertz CT molecular complexity index is 370. The van der Waals surface area contributed by atoms with E-state index in [9.17, 15) is 4.79 Å². The van der Waals surface area contributed by atoms with Crippen molar-refractivity contribution in [3.63, 3.8) is 0 Å². The fraction of sp³-hybridized carbons (Fsp3) is 0.500. The summed E-state index contributed by atoms with van der Waals surface area (Å²) in [5.74, 6) is 1.16. The van der Waals surface area contributed by atoms with E-state index < -0.39 is 0 Å². The van der Waals surface area contributed by atoms with Gasteiger partial charge in [0.05, 0.1) is 6.61 Å². The van der Waals surface area contributed by atoms with Crippen molar-refractivity contribution in [3.05, 3.63) is 29.8 Å². The van der Waals surface area contributed by atoms with Crippen molar-refractivity contribution in [2.45, 2.75) is 31.8 Å². The Morgan fingerprint density at radius 3 is 2.65 bits per heavy atom. The molecule has 0 N–H and O–H groups in total. The predicted octanol–water partition coefficient (Wildman–Crippen LogP) is 2.38. The SMILES string of the molecule is COCCc1ccc(OC2CCC(=O)C2)cc1. The van der Waals surface area contributed by atoms with E-state index in [1.807, 2.05) is 24.3 Å². The van der Waals surface area contributed by atoms with Gasteiger partial charge in [-0.25, -0.2) is 0 Å². The molecular weight excluding hydrogens is 216 g/mol. The number of carbonyl (C=O) groups is 1. The molecule has 92 valence electrons. The summed E-state index contributed by atoms with van der Waals surface area (Å²) in [7, 11) is 1.70. The Morgan fingerprint density at radius 1 is 1.29 bits per heavy atom. The number of hydrogen-bond acceptors (Lipinski definition) is 3. The molecule has 3 heteroatoms. The molecule has 1 aliphatic carbocycles. The molecule has 17 heavy (non-hydrogen) atoms. The molecule has 2 rings (SSSR count). The van der Waals surface area contributed by atoms with Gasteiger partial charge in [-0.15, -0.1) is 0 Å². The lowest BCUT2D eigenvalue weighted by Gasteiger charge is -2.12. The molecule has 1 aromatic rings. The number of methoxy groups -OCH3 is 1. The summed E-state index contributed by atoms with van der Waals surface area (Å²) in [6, 6.07) is 8.03. The maximum Gasteiger partial charge on any atom is 0.136 e. The van der Waals surface area contributed by atoms with Crippen LogP contribution in [0.2, 0.25) is 0 Å². The van der Waals surface area contributed by atoms with Crippen molar-refractivity contribution >= 4 is 5.78 Å². The first-order valence-corrected chi connectivity index (χ1v) is 6.04. The van der Waals surface area contributed by atoms with Crippen molar-refractivity contribution in [1.82, 2.24) is 0 Å². The van der Waals surface area contributed by atoms with Gasteiger partial charge < -0.3 is 9.47 Å². The molecule has 1 saturated carbocycles. The van der Waals surface area contributed by atoms with Crippen molar-refractivity contribution in [2.24, 2.45) is 0 Å². The van der Waals surface area contributed by atoms with E-state index in [0.717, 1.165) is 25.2 Å². The van der Waals surface area contributed by atoms with Gasteiger partial charge in [-0.2, -0.15) is 0 Å². The molecule has 1 unspecified atom stereocenters. The first-order chi connectivity index (χ1) is 8.28. The van der Waals surface area contributed by atoms with Crippen LogP contribution >= 0.6 is 0 Å². The van der Waals surface area contributed by atoms with Gasteiger partial charge in [0, 0.05) is 20.0 Å². The molecule has 0 saturated heterocycles. The Kier molecular flexibility index (Phi) is 4.15. The van der Waals surface area contributed by atoms with Gasteiger partial charge in [0.2, 0.25) is 0 Å². The molecule has 1 aromatic carbocycles. The summed E-state index contributed by atoms with van der Waals surface area (Å²) in [6.45, 7) is 0.733. The van der Waals surface area contributed by atoms with Crippen LogP contribution in [0, 0.1) is 0 Å². The van der Waals surface area contributed by atoms with Crippen molar-refractivity contribution in [1.29, 1.82) is 0 Å². The number of carbonyl (C=O) groups excluding carboxylic acids is 1. The lowest BCUT2D eigenvalue weighted by Crippen LogP contribution is -2.12. The van der Waals surface area contributed by atoms with E-state index in [-0.39, 0.29) is 6.10 Å². The van der Waals surface area contributed by atoms with Crippen molar-refractivity contribution < 1.29 is 14.3 Å². The van der Waals surface area contributed by atoms with Crippen LogP contribution in [0.4, 0.5) is 0 Å². The van der Waals surface area contributed by atoms with E-state index in [1.165, 1.54) is 5.56 Å². The number of hydrogen-bond donors (Lipinski definition) is 0. The molecule has 3 nitrogen and oxygen atoms in total. The van der Waals surface area contributed by atoms with Gasteiger partial charge in [-0.3, -0.25) is 4.79 Å². The average Bonchev–Trinajstić information content (AvgIpc) is 2.74. The molecule has 0 aromatic heterocycles. The number of benzene rings is 1. The minimum Gasteiger partial charge on any atom is -0.490 e. The number of rotatable bonds is 5. The van der Waals surface area contributed by atoms with Crippen LogP contribution in [0.25, 0.3) is 0 Å². The van der Waals surface area contributed by atoms with E-state index in [4.69, 9.17) is 9.47 Å². The van der Waals surface area contributed by atoms with Crippen LogP contribution in [0.5, 0.6) is 5.75 Å². The van der Waals surface area contributed by atoms with Crippen LogP contribution < -0.4 is 4.74 Å². The molecule has 0 radical (unpaired) electrons. The van der Waals surface area contributed by atoms with E-state index >= 15 is 0 Å². The van der Waals surface area contributed by atoms with Gasteiger partial charge in [0.15, 0.2) is 0 Å². The van der Waals surface area contributed by atoms with Gasteiger partial charge >= 0.3 is 0 Å². The molecular formula is C14H18O3. The van der Waals surface area contributed by atoms with Crippen molar-refractivity contribution in [3.8, 4) is 5.75 Å². The summed E-state index contributed by atoms with van der Waals surface area (Å²) < 4.78 is 10.8. The third-order valence-corrected chi connectivity index (χ3v) is 3.02. The van der Waals surface area contributed by atoms with Crippen molar-refractivity contribution in [2.75, 3.05) is 13.7 Å². The fourth-order valence-electron chi connectivity index (χ4n) is 2.03. The average molecular weight is 234 g/mol. The fourth-order valence-corrected chi connectivity index (χ4v) is 2.03. The summed E-state index contributed by atoms with van der Waals surface area (Å²) in [5.41, 5.74) is 1.24. The van der Waals surface area contributed by atoms with Crippen LogP contribution in [0.15, 0.2) is 24.3 Å². The minimum atomic E-state index is 0.0762. The Morgan fingerprint density at radius 2 is 2.06 bits per heavy atom. The molecule has 0 bridgehead atoms. The summed E-state index contributed by atoms with van der Waals surface area (Å²) >= 11 is 0. The third-order valence-electron chi connectivity index (χ3n) is 3.02. The third kappa shape index (κ3) is 3.56. The first kappa shape index (κ1) is 12.1. The highest BCUT2D eigenvalue weighted by Crippen LogP contribution is 2.22. The zero-order valence-electron chi connectivity index (χ0n) is 10.1. The normalized spacial score (nSPS) is 19.6. The molecule has 1 atom stereocenters. The number of ketones is 1. The summed E-state index contributed by atoms with van der Waals surface area (Å²) in [6.07, 6.45) is 3.07. The second-order valence-corrected chi connectivity index (χ2v) is 4.41. The molecule has 1 fully saturated rings. The van der Waals surface area contributed by atoms with E-state index in [0.29, 0.717) is 18.6 Å². The minimum absolute atomic E-state index is 0.0762. The van der Waals surface area contributed by atoms with Crippen LogP contribution in [0.3, 0.4) is 0 Å². The van der Waals surface area contributed by atoms with Crippen LogP contribution in [-0.2, 0) is 16.0 Å². The molecule has 0 aliphatic heterocycles. The number of ether oxygens (including phenoxy) is 2. The largest absolute Gasteiger partial charge is 0.490 e. The zero-order valence-corrected chi connectivity index (χ0v) is 10.1. The quantitative estimate of drug-likeness (QED) is 0.784. The highest BCUT2D eigenvalue weighted by Gasteiger charge is 2.23. The highest BCUT2D eigenvalue weighted by molar-refractivity contribution is 5.81. The molecule has 0 heterocycles. The maximum absolute atomic E-state index is 11.1. The van der Waals surface area contributed by atoms with Gasteiger partial charge in [0.1, 0.15) is 17.6 Å². The Balaban J connectivity index is 1.87. The van der Waals surface area contributed by atoms with E-state index in [1.54, 1.807) is 7.11 Å². The smallest absolute Gasteiger partial charge is 0.136 e. The molecule has 0 amide bonds. The topological polar surface area (TPSA) is 35.5 Å². The van der Waals surface area contributed by atoms with Crippen LogP contribution in [-0.4, -0.2) is 25.6 Å². The first-order valence-electron chi connectivity index (χ1n) is 6.04. The maximum atomic E-state index is 11.1. The van der Waals surface area contributed by atoms with Gasteiger partial charge in [-0.05, 0) is 30.5 Å². The van der Waals surface area contributed by atoms with Gasteiger partial charge in [0.25, 0.3) is 0 Å². The summed E-state index contributed by atoms with van der Waals surface area (Å²) in [5, 5.41) is 0. The second kappa shape index (κ2) is 5.82. The second-order valence-electron chi connectivity index (χ2n) is 4.41. The predicted molar refractivity (Wildman–Crippen MR) is 65.3 cm³/mol. The molecule has 1 aliphatic rings. The Hall–Kier alpha value is -1.35. The lowest BCUT2D eigenvalue weighted by molar-refractivity contribution is -0.117. The zero-order chi connectivity index (χ0) is 12.1. The van der Waals surface area contributed by atoms with Crippen LogP contribution in [0.1, 0.15) is 24.8 Å². The Labute approximate surface area is 102 Å².